The quantitative estimate of drug-likeness (QED) is 0.836. The number of fused-ring (bicyclic) bond motifs is 1. The Bertz CT molecular complexity index is 944. The predicted octanol–water partition coefficient (Wildman–Crippen LogP) is 2.42. The Balaban J connectivity index is 1.63. The summed E-state index contributed by atoms with van der Waals surface area (Å²) in [6.07, 6.45) is 1.31. The zero-order valence-corrected chi connectivity index (χ0v) is 16.0. The van der Waals surface area contributed by atoms with E-state index in [9.17, 15) is 18.0 Å². The summed E-state index contributed by atoms with van der Waals surface area (Å²) < 4.78 is 47.9. The number of alkyl halides is 2. The van der Waals surface area contributed by atoms with Crippen LogP contribution in [0.25, 0.3) is 0 Å². The van der Waals surface area contributed by atoms with E-state index in [2.05, 4.69) is 15.4 Å². The average Bonchev–Trinajstić information content (AvgIpc) is 3.13. The van der Waals surface area contributed by atoms with Gasteiger partial charge in [0.1, 0.15) is 18.2 Å². The first-order chi connectivity index (χ1) is 13.8. The van der Waals surface area contributed by atoms with Crippen molar-refractivity contribution >= 4 is 17.6 Å². The van der Waals surface area contributed by atoms with Crippen molar-refractivity contribution in [2.24, 2.45) is 15.9 Å². The normalized spacial score (nSPS) is 23.2. The van der Waals surface area contributed by atoms with Gasteiger partial charge in [0.15, 0.2) is 0 Å². The van der Waals surface area contributed by atoms with E-state index in [4.69, 9.17) is 4.74 Å². The highest BCUT2D eigenvalue weighted by Crippen LogP contribution is 2.37. The highest BCUT2D eigenvalue weighted by atomic mass is 19.3. The molecule has 1 fully saturated rings. The number of allylic oxidation sites excluding steroid dienone is 1. The van der Waals surface area contributed by atoms with Gasteiger partial charge in [-0.1, -0.05) is 0 Å². The summed E-state index contributed by atoms with van der Waals surface area (Å²) in [5.41, 5.74) is 4.20. The van der Waals surface area contributed by atoms with E-state index < -0.39 is 36.5 Å². The van der Waals surface area contributed by atoms with Crippen LogP contribution < -0.4 is 10.2 Å². The van der Waals surface area contributed by atoms with Crippen LogP contribution in [0.2, 0.25) is 0 Å². The Kier molecular flexibility index (Phi) is 4.81. The summed E-state index contributed by atoms with van der Waals surface area (Å²) in [5, 5.41) is 1.59. The molecule has 0 bridgehead atoms. The number of methoxy groups -OCH3 is 1. The molecule has 1 N–H and O–H groups in total. The van der Waals surface area contributed by atoms with Gasteiger partial charge in [-0.15, -0.1) is 0 Å². The smallest absolute Gasteiger partial charge is 0.266 e. The molecule has 3 aliphatic heterocycles. The van der Waals surface area contributed by atoms with Gasteiger partial charge in [0.2, 0.25) is 5.96 Å². The van der Waals surface area contributed by atoms with Gasteiger partial charge in [-0.2, -0.15) is 0 Å². The molecule has 4 rings (SSSR count). The lowest BCUT2D eigenvalue weighted by molar-refractivity contribution is -0.0724. The number of rotatable bonds is 3. The van der Waals surface area contributed by atoms with Crippen LogP contribution in [0.4, 0.5) is 13.2 Å². The third kappa shape index (κ3) is 3.84. The van der Waals surface area contributed by atoms with Gasteiger partial charge in [0.05, 0.1) is 13.7 Å². The van der Waals surface area contributed by atoms with E-state index in [1.54, 1.807) is 18.0 Å². The molecule has 1 amide bonds. The molecule has 0 saturated carbocycles. The number of amides is 1. The van der Waals surface area contributed by atoms with E-state index in [0.29, 0.717) is 24.0 Å². The number of hydrazine groups is 1. The van der Waals surface area contributed by atoms with Crippen molar-refractivity contribution in [3.63, 3.8) is 0 Å². The summed E-state index contributed by atoms with van der Waals surface area (Å²) in [5.74, 6) is -4.50. The lowest BCUT2D eigenvalue weighted by Crippen LogP contribution is -2.52. The van der Waals surface area contributed by atoms with Crippen molar-refractivity contribution < 1.29 is 22.7 Å². The number of ether oxygens (including phenoxy) is 1. The van der Waals surface area contributed by atoms with Crippen LogP contribution in [0.5, 0.6) is 5.75 Å². The van der Waals surface area contributed by atoms with Gasteiger partial charge in [-0.25, -0.2) is 33.6 Å². The maximum Gasteiger partial charge on any atom is 0.266 e. The number of carbonyl (C=O) groups excluding carboxylic acids is 1. The summed E-state index contributed by atoms with van der Waals surface area (Å²) >= 11 is 0. The molecular formula is C19H20F3N5O2. The van der Waals surface area contributed by atoms with Crippen LogP contribution in [-0.2, 0) is 0 Å². The lowest BCUT2D eigenvalue weighted by atomic mass is 9.90. The van der Waals surface area contributed by atoms with E-state index in [1.807, 2.05) is 0 Å². The largest absolute Gasteiger partial charge is 0.497 e. The monoisotopic (exact) mass is 407 g/mol. The molecule has 29 heavy (non-hydrogen) atoms. The number of nitrogens with zero attached hydrogens (tertiary/aromatic N) is 4. The van der Waals surface area contributed by atoms with Gasteiger partial charge < -0.3 is 9.64 Å². The highest BCUT2D eigenvalue weighted by molar-refractivity contribution is 6.05. The standard InChI is InChI=1S/C19H20F3N5O2/c1-11-3-16(27-18(25-11)23-10-24-27)13-7-19(21,22)9-26(8-13)17(28)12-4-14(20)6-15(5-12)29-2/h3-6,13,24H,7-10H2,1-2H3. The van der Waals surface area contributed by atoms with Crippen molar-refractivity contribution in [1.82, 2.24) is 15.3 Å². The van der Waals surface area contributed by atoms with Crippen LogP contribution in [-0.4, -0.2) is 60.3 Å². The van der Waals surface area contributed by atoms with Gasteiger partial charge in [-0.3, -0.25) is 4.79 Å². The summed E-state index contributed by atoms with van der Waals surface area (Å²) in [6, 6.07) is 3.49. The number of likely N-dealkylation sites (tertiary alicyclic amines) is 1. The Morgan fingerprint density at radius 1 is 1.34 bits per heavy atom. The van der Waals surface area contributed by atoms with Gasteiger partial charge in [0.25, 0.3) is 11.8 Å². The second-order valence-corrected chi connectivity index (χ2v) is 7.25. The number of nitrogens with one attached hydrogen (secondary N) is 1. The number of piperidine rings is 1. The number of aliphatic imine (C=N–C) groups is 2. The second-order valence-electron chi connectivity index (χ2n) is 7.25. The fourth-order valence-corrected chi connectivity index (χ4v) is 3.82. The van der Waals surface area contributed by atoms with Crippen LogP contribution in [0.15, 0.2) is 40.0 Å². The number of hydrogen-bond donors (Lipinski definition) is 1. The Labute approximate surface area is 165 Å². The summed E-state index contributed by atoms with van der Waals surface area (Å²) in [6.45, 7) is 1.41. The minimum Gasteiger partial charge on any atom is -0.497 e. The van der Waals surface area contributed by atoms with Crippen LogP contribution >= 0.6 is 0 Å². The van der Waals surface area contributed by atoms with Crippen molar-refractivity contribution in [1.29, 1.82) is 0 Å². The van der Waals surface area contributed by atoms with Crippen LogP contribution in [0, 0.1) is 11.7 Å². The molecule has 1 unspecified atom stereocenters. The third-order valence-corrected chi connectivity index (χ3v) is 5.01. The first-order valence-electron chi connectivity index (χ1n) is 9.12. The fourth-order valence-electron chi connectivity index (χ4n) is 3.82. The van der Waals surface area contributed by atoms with Gasteiger partial charge in [-0.05, 0) is 25.1 Å². The Morgan fingerprint density at radius 2 is 2.14 bits per heavy atom. The van der Waals surface area contributed by atoms with Crippen molar-refractivity contribution in [2.45, 2.75) is 19.3 Å². The third-order valence-electron chi connectivity index (χ3n) is 5.01. The molecule has 1 saturated heterocycles. The number of halogens is 3. The minimum atomic E-state index is -3.09. The molecule has 0 aliphatic carbocycles. The average molecular weight is 407 g/mol. The highest BCUT2D eigenvalue weighted by Gasteiger charge is 2.45. The Hall–Kier alpha value is -2.88. The molecule has 10 heteroatoms. The summed E-state index contributed by atoms with van der Waals surface area (Å²) in [7, 11) is 1.34. The molecule has 0 aromatic heterocycles. The molecule has 154 valence electrons. The minimum absolute atomic E-state index is 0.0322. The molecule has 1 aromatic rings. The van der Waals surface area contributed by atoms with Gasteiger partial charge in [0, 0.05) is 41.9 Å². The maximum absolute atomic E-state index is 14.6. The van der Waals surface area contributed by atoms with Crippen molar-refractivity contribution in [3.8, 4) is 5.75 Å². The molecule has 7 nitrogen and oxygen atoms in total. The van der Waals surface area contributed by atoms with Crippen molar-refractivity contribution in [2.75, 3.05) is 26.9 Å². The molecule has 3 aliphatic rings. The molecule has 0 radical (unpaired) electrons. The molecule has 1 atom stereocenters. The van der Waals surface area contributed by atoms with E-state index in [0.717, 1.165) is 17.0 Å². The molecule has 3 heterocycles. The SMILES string of the molecule is COc1cc(F)cc(C(=O)N2CC(C3=CC(C)=NC4=NCNN34)CC(F)(F)C2)c1. The topological polar surface area (TPSA) is 69.5 Å². The van der Waals surface area contributed by atoms with Crippen LogP contribution in [0.1, 0.15) is 23.7 Å². The molecule has 1 aromatic carbocycles. The first-order valence-corrected chi connectivity index (χ1v) is 9.12. The number of benzene rings is 1. The summed E-state index contributed by atoms with van der Waals surface area (Å²) in [4.78, 5) is 22.5. The molecule has 0 spiro atoms. The zero-order chi connectivity index (χ0) is 20.8. The lowest BCUT2D eigenvalue weighted by Gasteiger charge is -2.41. The van der Waals surface area contributed by atoms with E-state index in [1.165, 1.54) is 13.2 Å². The first kappa shape index (κ1) is 19.4. The number of guanidine groups is 1. The van der Waals surface area contributed by atoms with Crippen molar-refractivity contribution in [3.05, 3.63) is 41.4 Å². The fraction of sp³-hybridized carbons (Fsp3) is 0.421. The second kappa shape index (κ2) is 7.18. The van der Waals surface area contributed by atoms with Gasteiger partial charge >= 0.3 is 0 Å². The predicted molar refractivity (Wildman–Crippen MR) is 100 cm³/mol. The zero-order valence-electron chi connectivity index (χ0n) is 16.0. The van der Waals surface area contributed by atoms with E-state index >= 15 is 0 Å². The van der Waals surface area contributed by atoms with E-state index in [-0.39, 0.29) is 17.9 Å². The maximum atomic E-state index is 14.6. The Morgan fingerprint density at radius 3 is 2.90 bits per heavy atom. The molecular weight excluding hydrogens is 387 g/mol. The number of carbonyl (C=O) groups is 1. The van der Waals surface area contributed by atoms with Crippen LogP contribution in [0.3, 0.4) is 0 Å². The number of hydrogen-bond acceptors (Lipinski definition) is 6.